The average Bonchev–Trinajstić information content (AvgIpc) is 3.32. The normalized spacial score (nSPS) is 11.3. The maximum atomic E-state index is 12.7. The predicted molar refractivity (Wildman–Crippen MR) is 122 cm³/mol. The van der Waals surface area contributed by atoms with Crippen LogP contribution in [0.5, 0.6) is 0 Å². The Morgan fingerprint density at radius 1 is 0.903 bits per heavy atom. The van der Waals surface area contributed by atoms with Crippen LogP contribution >= 0.6 is 11.3 Å². The van der Waals surface area contributed by atoms with Crippen molar-refractivity contribution in [3.05, 3.63) is 88.1 Å². The summed E-state index contributed by atoms with van der Waals surface area (Å²) in [6, 6.07) is 19.6. The van der Waals surface area contributed by atoms with Crippen LogP contribution in [0.3, 0.4) is 0 Å². The summed E-state index contributed by atoms with van der Waals surface area (Å²) in [5, 5.41) is 7.52. The summed E-state index contributed by atoms with van der Waals surface area (Å²) in [4.78, 5) is 37.8. The molecule has 160 valence electrons. The van der Waals surface area contributed by atoms with Crippen molar-refractivity contribution < 1.29 is 14.4 Å². The summed E-state index contributed by atoms with van der Waals surface area (Å²) >= 11 is 1.29. The molecule has 1 aromatic heterocycles. The molecule has 0 radical (unpaired) electrons. The molecule has 0 fully saturated rings. The third kappa shape index (κ3) is 6.97. The highest BCUT2D eigenvalue weighted by Crippen LogP contribution is 2.10. The molecule has 7 nitrogen and oxygen atoms in total. The van der Waals surface area contributed by atoms with Gasteiger partial charge in [-0.1, -0.05) is 54.1 Å². The number of rotatable bonds is 8. The smallest absolute Gasteiger partial charge is 0.262 e. The van der Waals surface area contributed by atoms with Crippen molar-refractivity contribution in [3.8, 4) is 0 Å². The fourth-order valence-corrected chi connectivity index (χ4v) is 3.44. The second-order valence-electron chi connectivity index (χ2n) is 6.95. The second kappa shape index (κ2) is 10.9. The Morgan fingerprint density at radius 2 is 1.65 bits per heavy atom. The Morgan fingerprint density at radius 3 is 2.32 bits per heavy atom. The summed E-state index contributed by atoms with van der Waals surface area (Å²) in [7, 11) is 0. The van der Waals surface area contributed by atoms with E-state index >= 15 is 0 Å². The van der Waals surface area contributed by atoms with E-state index in [0.29, 0.717) is 11.3 Å². The molecule has 0 aliphatic heterocycles. The highest BCUT2D eigenvalue weighted by atomic mass is 32.1. The number of hydrogen-bond acceptors (Lipinski definition) is 5. The summed E-state index contributed by atoms with van der Waals surface area (Å²) in [5.41, 5.74) is 7.61. The van der Waals surface area contributed by atoms with Crippen LogP contribution in [0.15, 0.2) is 72.1 Å². The van der Waals surface area contributed by atoms with E-state index in [1.54, 1.807) is 17.5 Å². The number of benzene rings is 2. The number of hydrazine groups is 1. The van der Waals surface area contributed by atoms with E-state index in [4.69, 9.17) is 0 Å². The Balaban J connectivity index is 1.55. The van der Waals surface area contributed by atoms with Gasteiger partial charge in [-0.15, -0.1) is 11.3 Å². The van der Waals surface area contributed by atoms with Gasteiger partial charge in [0.25, 0.3) is 17.7 Å². The van der Waals surface area contributed by atoms with Crippen LogP contribution < -0.4 is 21.5 Å². The van der Waals surface area contributed by atoms with Crippen molar-refractivity contribution in [2.45, 2.75) is 19.4 Å². The van der Waals surface area contributed by atoms with Crippen LogP contribution in [-0.2, 0) is 16.0 Å². The fraction of sp³-hybridized carbons (Fsp3) is 0.174. The third-order valence-corrected chi connectivity index (χ3v) is 5.35. The Kier molecular flexibility index (Phi) is 7.78. The standard InChI is InChI=1S/C23H24N4O3S/c1-16-9-11-18(12-10-16)24-15-21(28)26-27-22(29)19(14-17-6-3-2-4-7-17)25-23(30)20-8-5-13-31-20/h2-13,19,24H,14-15H2,1H3,(H,25,30)(H,26,28)(H,27,29). The minimum atomic E-state index is -0.845. The van der Waals surface area contributed by atoms with Gasteiger partial charge in [-0.25, -0.2) is 0 Å². The summed E-state index contributed by atoms with van der Waals surface area (Å²) < 4.78 is 0. The van der Waals surface area contributed by atoms with E-state index in [-0.39, 0.29) is 12.5 Å². The summed E-state index contributed by atoms with van der Waals surface area (Å²) in [6.45, 7) is 1.98. The zero-order valence-corrected chi connectivity index (χ0v) is 17.9. The molecule has 1 atom stereocenters. The summed E-state index contributed by atoms with van der Waals surface area (Å²) in [6.07, 6.45) is 0.293. The molecule has 3 rings (SSSR count). The lowest BCUT2D eigenvalue weighted by atomic mass is 10.1. The molecule has 0 aliphatic carbocycles. The molecule has 8 heteroatoms. The van der Waals surface area contributed by atoms with Gasteiger partial charge >= 0.3 is 0 Å². The van der Waals surface area contributed by atoms with Crippen LogP contribution in [0, 0.1) is 6.92 Å². The van der Waals surface area contributed by atoms with Crippen molar-refractivity contribution in [1.82, 2.24) is 16.2 Å². The number of aryl methyl sites for hydroxylation is 1. The van der Waals surface area contributed by atoms with Gasteiger partial charge in [0.2, 0.25) is 0 Å². The molecule has 0 saturated heterocycles. The second-order valence-corrected chi connectivity index (χ2v) is 7.90. The zero-order chi connectivity index (χ0) is 22.1. The highest BCUT2D eigenvalue weighted by molar-refractivity contribution is 7.12. The molecule has 2 aromatic carbocycles. The largest absolute Gasteiger partial charge is 0.376 e. The fourth-order valence-electron chi connectivity index (χ4n) is 2.81. The number of anilines is 1. The van der Waals surface area contributed by atoms with Gasteiger partial charge in [-0.3, -0.25) is 25.2 Å². The predicted octanol–water partition coefficient (Wildman–Crippen LogP) is 2.66. The average molecular weight is 437 g/mol. The number of amides is 3. The van der Waals surface area contributed by atoms with Crippen molar-refractivity contribution >= 4 is 34.7 Å². The first-order valence-corrected chi connectivity index (χ1v) is 10.7. The topological polar surface area (TPSA) is 99.3 Å². The van der Waals surface area contributed by atoms with Gasteiger partial charge in [-0.05, 0) is 36.1 Å². The van der Waals surface area contributed by atoms with Gasteiger partial charge in [-0.2, -0.15) is 0 Å². The van der Waals surface area contributed by atoms with E-state index in [2.05, 4.69) is 21.5 Å². The number of carbonyl (C=O) groups is 3. The minimum Gasteiger partial charge on any atom is -0.376 e. The monoisotopic (exact) mass is 436 g/mol. The van der Waals surface area contributed by atoms with E-state index in [1.165, 1.54) is 11.3 Å². The minimum absolute atomic E-state index is 0.00571. The van der Waals surface area contributed by atoms with E-state index in [9.17, 15) is 14.4 Å². The van der Waals surface area contributed by atoms with Crippen molar-refractivity contribution in [2.24, 2.45) is 0 Å². The SMILES string of the molecule is Cc1ccc(NCC(=O)NNC(=O)C(Cc2ccccc2)NC(=O)c2cccs2)cc1. The van der Waals surface area contributed by atoms with Crippen LogP contribution in [0.4, 0.5) is 5.69 Å². The van der Waals surface area contributed by atoms with Gasteiger partial charge in [0.15, 0.2) is 0 Å². The first-order valence-electron chi connectivity index (χ1n) is 9.79. The maximum Gasteiger partial charge on any atom is 0.262 e. The maximum absolute atomic E-state index is 12.7. The molecule has 3 aromatic rings. The lowest BCUT2D eigenvalue weighted by molar-refractivity contribution is -0.129. The van der Waals surface area contributed by atoms with E-state index < -0.39 is 17.9 Å². The lowest BCUT2D eigenvalue weighted by Crippen LogP contribution is -2.53. The van der Waals surface area contributed by atoms with E-state index in [1.807, 2.05) is 61.5 Å². The Bertz CT molecular complexity index is 1010. The van der Waals surface area contributed by atoms with Crippen LogP contribution in [0.25, 0.3) is 0 Å². The first kappa shape index (κ1) is 22.0. The van der Waals surface area contributed by atoms with Crippen molar-refractivity contribution in [2.75, 3.05) is 11.9 Å². The van der Waals surface area contributed by atoms with Gasteiger partial charge in [0.05, 0.1) is 11.4 Å². The molecule has 1 heterocycles. The number of carbonyl (C=O) groups excluding carboxylic acids is 3. The van der Waals surface area contributed by atoms with Crippen LogP contribution in [-0.4, -0.2) is 30.3 Å². The molecule has 0 aliphatic rings. The molecular weight excluding hydrogens is 412 g/mol. The van der Waals surface area contributed by atoms with Crippen molar-refractivity contribution in [1.29, 1.82) is 0 Å². The zero-order valence-electron chi connectivity index (χ0n) is 17.1. The quantitative estimate of drug-likeness (QED) is 0.408. The number of thiophene rings is 1. The molecule has 3 amide bonds. The molecule has 4 N–H and O–H groups in total. The van der Waals surface area contributed by atoms with Crippen molar-refractivity contribution in [3.63, 3.8) is 0 Å². The van der Waals surface area contributed by atoms with Crippen LogP contribution in [0.1, 0.15) is 20.8 Å². The van der Waals surface area contributed by atoms with Gasteiger partial charge in [0.1, 0.15) is 6.04 Å². The highest BCUT2D eigenvalue weighted by Gasteiger charge is 2.22. The van der Waals surface area contributed by atoms with Crippen LogP contribution in [0.2, 0.25) is 0 Å². The van der Waals surface area contributed by atoms with E-state index in [0.717, 1.165) is 16.8 Å². The molecule has 0 saturated carbocycles. The molecule has 0 bridgehead atoms. The number of nitrogens with one attached hydrogen (secondary N) is 4. The first-order chi connectivity index (χ1) is 15.0. The third-order valence-electron chi connectivity index (χ3n) is 4.48. The lowest BCUT2D eigenvalue weighted by Gasteiger charge is -2.19. The Labute approximate surface area is 184 Å². The van der Waals surface area contributed by atoms with Gasteiger partial charge in [0, 0.05) is 12.1 Å². The Hall–Kier alpha value is -3.65. The molecule has 1 unspecified atom stereocenters. The number of hydrogen-bond donors (Lipinski definition) is 4. The molecule has 31 heavy (non-hydrogen) atoms. The van der Waals surface area contributed by atoms with Gasteiger partial charge < -0.3 is 10.6 Å². The molecular formula is C23H24N4O3S. The molecule has 0 spiro atoms. The summed E-state index contributed by atoms with van der Waals surface area (Å²) in [5.74, 6) is -1.24.